The molecular weight excluding hydrogens is 440 g/mol. The molecule has 0 bridgehead atoms. The molecule has 0 saturated carbocycles. The molecule has 178 valence electrons. The molecule has 0 radical (unpaired) electrons. The molecule has 2 aromatic carbocycles. The Labute approximate surface area is 196 Å². The summed E-state index contributed by atoms with van der Waals surface area (Å²) in [6, 6.07) is 11.8. The molecule has 2 heterocycles. The number of amides is 4. The number of hydrogen-bond acceptors (Lipinski definition) is 6. The highest BCUT2D eigenvalue weighted by Crippen LogP contribution is 2.44. The van der Waals surface area contributed by atoms with Crippen molar-refractivity contribution in [3.8, 4) is 11.5 Å². The van der Waals surface area contributed by atoms with Crippen LogP contribution < -0.4 is 25.4 Å². The van der Waals surface area contributed by atoms with E-state index < -0.39 is 11.6 Å². The van der Waals surface area contributed by atoms with Gasteiger partial charge in [0.1, 0.15) is 5.66 Å². The molecule has 1 unspecified atom stereocenters. The quantitative estimate of drug-likeness (QED) is 0.611. The average molecular weight is 466 g/mol. The highest BCUT2D eigenvalue weighted by molar-refractivity contribution is 6.10. The summed E-state index contributed by atoms with van der Waals surface area (Å²) in [5.41, 5.74) is 5.80. The van der Waals surface area contributed by atoms with Crippen molar-refractivity contribution in [1.29, 1.82) is 0 Å². The Balaban J connectivity index is 1.48. The van der Waals surface area contributed by atoms with Crippen LogP contribution in [0.25, 0.3) is 0 Å². The molecule has 10 heteroatoms. The Hall–Kier alpha value is -4.08. The molecular formula is C24H26N4O6. The van der Waals surface area contributed by atoms with Crippen LogP contribution in [0.5, 0.6) is 11.5 Å². The molecule has 1 fully saturated rings. The minimum atomic E-state index is -0.821. The second kappa shape index (κ2) is 9.05. The summed E-state index contributed by atoms with van der Waals surface area (Å²) in [7, 11) is 1.45. The smallest absolute Gasteiger partial charge is 0.257 e. The maximum atomic E-state index is 13.3. The number of nitrogens with two attached hydrogens (primary N) is 1. The second-order valence-corrected chi connectivity index (χ2v) is 8.34. The van der Waals surface area contributed by atoms with Crippen molar-refractivity contribution in [1.82, 2.24) is 4.90 Å². The molecule has 10 nitrogen and oxygen atoms in total. The normalized spacial score (nSPS) is 18.9. The number of rotatable bonds is 8. The largest absolute Gasteiger partial charge is 0.493 e. The van der Waals surface area contributed by atoms with E-state index in [9.17, 15) is 19.2 Å². The van der Waals surface area contributed by atoms with Gasteiger partial charge in [0.15, 0.2) is 18.1 Å². The van der Waals surface area contributed by atoms with E-state index in [1.807, 2.05) is 6.92 Å². The lowest BCUT2D eigenvalue weighted by Crippen LogP contribution is -2.62. The van der Waals surface area contributed by atoms with Crippen LogP contribution in [0.2, 0.25) is 0 Å². The molecule has 4 rings (SSSR count). The van der Waals surface area contributed by atoms with Crippen molar-refractivity contribution < 1.29 is 28.7 Å². The third kappa shape index (κ3) is 4.14. The van der Waals surface area contributed by atoms with E-state index in [2.05, 4.69) is 5.32 Å². The first-order chi connectivity index (χ1) is 16.2. The Morgan fingerprint density at radius 1 is 1.15 bits per heavy atom. The highest BCUT2D eigenvalue weighted by Gasteiger charge is 2.52. The molecule has 0 aliphatic carbocycles. The Kier molecular flexibility index (Phi) is 6.14. The van der Waals surface area contributed by atoms with Gasteiger partial charge in [0.25, 0.3) is 11.8 Å². The minimum Gasteiger partial charge on any atom is -0.493 e. The number of nitrogens with zero attached hydrogens (tertiary/aromatic N) is 2. The Morgan fingerprint density at radius 2 is 1.91 bits per heavy atom. The van der Waals surface area contributed by atoms with Gasteiger partial charge >= 0.3 is 0 Å². The number of nitrogens with one attached hydrogen (secondary N) is 1. The maximum absolute atomic E-state index is 13.3. The highest BCUT2D eigenvalue weighted by atomic mass is 16.5. The van der Waals surface area contributed by atoms with Crippen LogP contribution in [0.1, 0.15) is 36.5 Å². The van der Waals surface area contributed by atoms with E-state index in [4.69, 9.17) is 15.2 Å². The zero-order valence-electron chi connectivity index (χ0n) is 19.0. The molecule has 1 saturated heterocycles. The molecule has 3 N–H and O–H groups in total. The summed E-state index contributed by atoms with van der Waals surface area (Å²) < 4.78 is 10.5. The summed E-state index contributed by atoms with van der Waals surface area (Å²) >= 11 is 0. The van der Waals surface area contributed by atoms with Gasteiger partial charge in [0.05, 0.1) is 18.4 Å². The van der Waals surface area contributed by atoms with Crippen LogP contribution in [-0.2, 0) is 14.4 Å². The lowest BCUT2D eigenvalue weighted by Gasteiger charge is -2.48. The van der Waals surface area contributed by atoms with E-state index in [0.717, 1.165) is 0 Å². The number of fused-ring (bicyclic) bond motifs is 3. The van der Waals surface area contributed by atoms with Crippen LogP contribution in [-0.4, -0.2) is 54.5 Å². The van der Waals surface area contributed by atoms with E-state index in [1.165, 1.54) is 13.2 Å². The predicted molar refractivity (Wildman–Crippen MR) is 124 cm³/mol. The van der Waals surface area contributed by atoms with E-state index in [-0.39, 0.29) is 43.0 Å². The van der Waals surface area contributed by atoms with E-state index in [1.54, 1.807) is 46.2 Å². The van der Waals surface area contributed by atoms with Gasteiger partial charge in [-0.1, -0.05) is 12.1 Å². The number of anilines is 2. The van der Waals surface area contributed by atoms with Gasteiger partial charge in [-0.25, -0.2) is 0 Å². The van der Waals surface area contributed by atoms with E-state index >= 15 is 0 Å². The van der Waals surface area contributed by atoms with Crippen molar-refractivity contribution in [3.05, 3.63) is 48.0 Å². The van der Waals surface area contributed by atoms with E-state index in [0.29, 0.717) is 35.5 Å². The number of carbonyl (C=O) groups is 4. The molecule has 0 spiro atoms. The average Bonchev–Trinajstić information content (AvgIpc) is 3.12. The Morgan fingerprint density at radius 3 is 2.65 bits per heavy atom. The molecule has 2 aliphatic heterocycles. The first kappa shape index (κ1) is 23.1. The number of ether oxygens (including phenoxy) is 2. The van der Waals surface area contributed by atoms with Gasteiger partial charge in [-0.3, -0.25) is 24.1 Å². The molecule has 1 atom stereocenters. The minimum absolute atomic E-state index is 0.0229. The van der Waals surface area contributed by atoms with Gasteiger partial charge in [-0.2, -0.15) is 0 Å². The number of methoxy groups -OCH3 is 1. The number of benzene rings is 2. The Bertz CT molecular complexity index is 1170. The fourth-order valence-corrected chi connectivity index (χ4v) is 4.49. The molecule has 4 amide bonds. The zero-order valence-corrected chi connectivity index (χ0v) is 19.0. The number of hydrogen-bond donors (Lipinski definition) is 2. The van der Waals surface area contributed by atoms with Gasteiger partial charge in [0.2, 0.25) is 11.8 Å². The SMILES string of the molecule is COc1ccc(NC(=O)CCN2C(=O)c3ccccc3N3C(=O)CCC23C)cc1OCC(N)=O. The molecule has 34 heavy (non-hydrogen) atoms. The zero-order chi connectivity index (χ0) is 24.5. The third-order valence-corrected chi connectivity index (χ3v) is 6.13. The van der Waals surface area contributed by atoms with Crippen LogP contribution in [0.15, 0.2) is 42.5 Å². The predicted octanol–water partition coefficient (Wildman–Crippen LogP) is 1.89. The van der Waals surface area contributed by atoms with Crippen LogP contribution in [0.4, 0.5) is 11.4 Å². The summed E-state index contributed by atoms with van der Waals surface area (Å²) in [5, 5.41) is 2.77. The molecule has 0 aromatic heterocycles. The van der Waals surface area contributed by atoms with Gasteiger partial charge in [-0.05, 0) is 37.6 Å². The number of primary amides is 1. The topological polar surface area (TPSA) is 131 Å². The summed E-state index contributed by atoms with van der Waals surface area (Å²) in [4.78, 5) is 53.0. The summed E-state index contributed by atoms with van der Waals surface area (Å²) in [5.74, 6) is -0.568. The van der Waals surface area contributed by atoms with Crippen molar-refractivity contribution in [2.45, 2.75) is 31.8 Å². The van der Waals surface area contributed by atoms with Crippen LogP contribution in [0, 0.1) is 0 Å². The number of para-hydroxylation sites is 1. The van der Waals surface area contributed by atoms with Crippen LogP contribution >= 0.6 is 0 Å². The number of carbonyl (C=O) groups excluding carboxylic acids is 4. The first-order valence-corrected chi connectivity index (χ1v) is 10.9. The first-order valence-electron chi connectivity index (χ1n) is 10.9. The third-order valence-electron chi connectivity index (χ3n) is 6.13. The van der Waals surface area contributed by atoms with Crippen molar-refractivity contribution in [2.75, 3.05) is 30.5 Å². The van der Waals surface area contributed by atoms with Crippen molar-refractivity contribution in [3.63, 3.8) is 0 Å². The lowest BCUT2D eigenvalue weighted by atomic mass is 9.98. The van der Waals surface area contributed by atoms with Crippen molar-refractivity contribution >= 4 is 35.0 Å². The second-order valence-electron chi connectivity index (χ2n) is 8.34. The van der Waals surface area contributed by atoms with Gasteiger partial charge in [-0.15, -0.1) is 0 Å². The fraction of sp³-hybridized carbons (Fsp3) is 0.333. The van der Waals surface area contributed by atoms with Crippen LogP contribution in [0.3, 0.4) is 0 Å². The standard InChI is InChI=1S/C24H26N4O6/c1-24-11-9-22(31)28(24)17-6-4-3-5-16(17)23(32)27(24)12-10-21(30)26-15-7-8-18(33-2)19(13-15)34-14-20(25)29/h3-8,13H,9-12,14H2,1-2H3,(H2,25,29)(H,26,30). The fourth-order valence-electron chi connectivity index (χ4n) is 4.49. The maximum Gasteiger partial charge on any atom is 0.257 e. The summed E-state index contributed by atoms with van der Waals surface area (Å²) in [6.07, 6.45) is 0.850. The van der Waals surface area contributed by atoms with Gasteiger partial charge < -0.3 is 25.4 Å². The molecule has 2 aliphatic rings. The monoisotopic (exact) mass is 466 g/mol. The van der Waals surface area contributed by atoms with Crippen molar-refractivity contribution in [2.24, 2.45) is 5.73 Å². The summed E-state index contributed by atoms with van der Waals surface area (Å²) in [6.45, 7) is 1.66. The lowest BCUT2D eigenvalue weighted by molar-refractivity contribution is -0.120. The van der Waals surface area contributed by atoms with Gasteiger partial charge in [0, 0.05) is 31.1 Å². The molecule has 2 aromatic rings.